The number of nitrogens with zero attached hydrogens (tertiary/aromatic N) is 3. The van der Waals surface area contributed by atoms with Gasteiger partial charge in [-0.3, -0.25) is 4.79 Å². The lowest BCUT2D eigenvalue weighted by Gasteiger charge is -2.37. The average molecular weight is 250 g/mol. The van der Waals surface area contributed by atoms with Crippen molar-refractivity contribution in [3.05, 3.63) is 5.89 Å². The van der Waals surface area contributed by atoms with E-state index in [4.69, 9.17) is 4.52 Å². The number of aromatic nitrogens is 2. The number of hydrogen-bond donors (Lipinski definition) is 1. The Labute approximate surface area is 106 Å². The number of carbonyl (C=O) groups excluding carboxylic acids is 1. The van der Waals surface area contributed by atoms with Gasteiger partial charge in [0.05, 0.1) is 0 Å². The molecule has 0 bridgehead atoms. The third kappa shape index (κ3) is 1.95. The van der Waals surface area contributed by atoms with E-state index in [0.29, 0.717) is 18.3 Å². The Morgan fingerprint density at radius 1 is 1.44 bits per heavy atom. The highest BCUT2D eigenvalue weighted by Gasteiger charge is 2.41. The van der Waals surface area contributed by atoms with E-state index in [2.05, 4.69) is 20.4 Å². The predicted octanol–water partition coefficient (Wildman–Crippen LogP) is 0.738. The quantitative estimate of drug-likeness (QED) is 0.838. The molecular weight excluding hydrogens is 232 g/mol. The Morgan fingerprint density at radius 2 is 2.22 bits per heavy atom. The number of piperidine rings is 1. The molecule has 0 unspecified atom stereocenters. The van der Waals surface area contributed by atoms with Crippen molar-refractivity contribution in [2.45, 2.75) is 32.6 Å². The molecule has 1 amide bonds. The van der Waals surface area contributed by atoms with Crippen LogP contribution in [0.4, 0.5) is 5.95 Å². The monoisotopic (exact) mass is 250 g/mol. The van der Waals surface area contributed by atoms with Crippen LogP contribution in [0.1, 0.15) is 32.1 Å². The number of anilines is 1. The fraction of sp³-hybridized carbons (Fsp3) is 0.750. The maximum Gasteiger partial charge on any atom is 0.266 e. The van der Waals surface area contributed by atoms with Crippen molar-refractivity contribution in [3.8, 4) is 0 Å². The Bertz CT molecular complexity index is 449. The molecule has 1 N–H and O–H groups in total. The molecule has 6 heteroatoms. The number of hydrogen-bond acceptors (Lipinski definition) is 5. The van der Waals surface area contributed by atoms with Crippen LogP contribution in [0, 0.1) is 5.41 Å². The summed E-state index contributed by atoms with van der Waals surface area (Å²) in [5, 5.41) is 6.94. The zero-order valence-electron chi connectivity index (χ0n) is 10.6. The summed E-state index contributed by atoms with van der Waals surface area (Å²) in [4.78, 5) is 17.8. The first-order valence-corrected chi connectivity index (χ1v) is 6.55. The van der Waals surface area contributed by atoms with Gasteiger partial charge < -0.3 is 14.7 Å². The molecule has 0 atom stereocenters. The van der Waals surface area contributed by atoms with Crippen molar-refractivity contribution in [1.29, 1.82) is 0 Å². The summed E-state index contributed by atoms with van der Waals surface area (Å²) in [5.41, 5.74) is 0.172. The van der Waals surface area contributed by atoms with Gasteiger partial charge in [-0.25, -0.2) is 0 Å². The first kappa shape index (κ1) is 11.5. The SMILES string of the molecule is CCc1nc(N2CCC3(CC2)CNC(=O)C3)no1. The smallest absolute Gasteiger partial charge is 0.266 e. The van der Waals surface area contributed by atoms with Gasteiger partial charge in [0.1, 0.15) is 0 Å². The molecule has 3 heterocycles. The maximum atomic E-state index is 11.3. The van der Waals surface area contributed by atoms with E-state index < -0.39 is 0 Å². The normalized spacial score (nSPS) is 22.5. The molecule has 0 aromatic carbocycles. The van der Waals surface area contributed by atoms with Crippen LogP contribution >= 0.6 is 0 Å². The summed E-state index contributed by atoms with van der Waals surface area (Å²) in [7, 11) is 0. The Balaban J connectivity index is 1.64. The maximum absolute atomic E-state index is 11.3. The van der Waals surface area contributed by atoms with Crippen molar-refractivity contribution in [3.63, 3.8) is 0 Å². The molecule has 0 saturated carbocycles. The molecule has 2 fully saturated rings. The van der Waals surface area contributed by atoms with Gasteiger partial charge in [0, 0.05) is 32.5 Å². The molecule has 2 saturated heterocycles. The van der Waals surface area contributed by atoms with Crippen LogP contribution in [-0.4, -0.2) is 35.7 Å². The van der Waals surface area contributed by atoms with Crippen molar-refractivity contribution >= 4 is 11.9 Å². The molecule has 6 nitrogen and oxygen atoms in total. The van der Waals surface area contributed by atoms with E-state index in [0.717, 1.165) is 38.9 Å². The summed E-state index contributed by atoms with van der Waals surface area (Å²) in [6.07, 6.45) is 3.47. The van der Waals surface area contributed by atoms with E-state index in [1.807, 2.05) is 6.92 Å². The molecule has 0 aliphatic carbocycles. The van der Waals surface area contributed by atoms with Crippen molar-refractivity contribution in [1.82, 2.24) is 15.5 Å². The molecule has 3 rings (SSSR count). The van der Waals surface area contributed by atoms with Gasteiger partial charge >= 0.3 is 0 Å². The number of carbonyl (C=O) groups is 1. The van der Waals surface area contributed by atoms with Crippen molar-refractivity contribution in [2.24, 2.45) is 5.41 Å². The number of nitrogens with one attached hydrogen (secondary N) is 1. The molecule has 1 aromatic heterocycles. The molecule has 2 aliphatic rings. The highest BCUT2D eigenvalue weighted by atomic mass is 16.5. The minimum atomic E-state index is 0.172. The molecular formula is C12H18N4O2. The lowest BCUT2D eigenvalue weighted by Crippen LogP contribution is -2.41. The van der Waals surface area contributed by atoms with Crippen LogP contribution < -0.4 is 10.2 Å². The highest BCUT2D eigenvalue weighted by molar-refractivity contribution is 5.79. The second-order valence-electron chi connectivity index (χ2n) is 5.28. The molecule has 0 radical (unpaired) electrons. The zero-order valence-corrected chi connectivity index (χ0v) is 10.6. The lowest BCUT2D eigenvalue weighted by atomic mass is 9.78. The van der Waals surface area contributed by atoms with Gasteiger partial charge in [0.2, 0.25) is 11.8 Å². The number of rotatable bonds is 2. The van der Waals surface area contributed by atoms with Crippen LogP contribution in [0.15, 0.2) is 4.52 Å². The first-order valence-electron chi connectivity index (χ1n) is 6.55. The average Bonchev–Trinajstić information content (AvgIpc) is 2.98. The summed E-state index contributed by atoms with van der Waals surface area (Å²) in [6.45, 7) is 4.62. The van der Waals surface area contributed by atoms with Crippen LogP contribution in [0.25, 0.3) is 0 Å². The van der Waals surface area contributed by atoms with Gasteiger partial charge in [-0.05, 0) is 23.4 Å². The summed E-state index contributed by atoms with van der Waals surface area (Å²) in [5.74, 6) is 1.57. The summed E-state index contributed by atoms with van der Waals surface area (Å²) < 4.78 is 5.13. The third-order valence-electron chi connectivity index (χ3n) is 4.06. The fourth-order valence-corrected chi connectivity index (χ4v) is 2.80. The topological polar surface area (TPSA) is 71.3 Å². The Kier molecular flexibility index (Phi) is 2.72. The number of amides is 1. The fourth-order valence-electron chi connectivity index (χ4n) is 2.80. The minimum Gasteiger partial charge on any atom is -0.356 e. The standard InChI is InChI=1S/C12H18N4O2/c1-2-10-14-11(15-18-10)16-5-3-12(4-6-16)7-9(17)13-8-12/h2-8H2,1H3,(H,13,17). The van der Waals surface area contributed by atoms with Crippen LogP contribution in [0.5, 0.6) is 0 Å². The molecule has 1 spiro atoms. The largest absolute Gasteiger partial charge is 0.356 e. The predicted molar refractivity (Wildman–Crippen MR) is 65.2 cm³/mol. The van der Waals surface area contributed by atoms with E-state index in [9.17, 15) is 4.79 Å². The van der Waals surface area contributed by atoms with E-state index >= 15 is 0 Å². The van der Waals surface area contributed by atoms with Crippen LogP contribution in [0.2, 0.25) is 0 Å². The van der Waals surface area contributed by atoms with Gasteiger partial charge in [-0.2, -0.15) is 4.98 Å². The first-order chi connectivity index (χ1) is 8.71. The molecule has 1 aromatic rings. The zero-order chi connectivity index (χ0) is 12.6. The van der Waals surface area contributed by atoms with E-state index in [-0.39, 0.29) is 11.3 Å². The van der Waals surface area contributed by atoms with E-state index in [1.54, 1.807) is 0 Å². The third-order valence-corrected chi connectivity index (χ3v) is 4.06. The van der Waals surface area contributed by atoms with Gasteiger partial charge in [0.25, 0.3) is 5.95 Å². The Morgan fingerprint density at radius 3 is 2.78 bits per heavy atom. The summed E-state index contributed by atoms with van der Waals surface area (Å²) in [6, 6.07) is 0. The molecule has 98 valence electrons. The van der Waals surface area contributed by atoms with Crippen molar-refractivity contribution in [2.75, 3.05) is 24.5 Å². The minimum absolute atomic E-state index is 0.172. The van der Waals surface area contributed by atoms with Crippen LogP contribution in [-0.2, 0) is 11.2 Å². The second kappa shape index (κ2) is 4.26. The van der Waals surface area contributed by atoms with Gasteiger partial charge in [-0.15, -0.1) is 0 Å². The van der Waals surface area contributed by atoms with Crippen molar-refractivity contribution < 1.29 is 9.32 Å². The van der Waals surface area contributed by atoms with Gasteiger partial charge in [-0.1, -0.05) is 6.92 Å². The Hall–Kier alpha value is -1.59. The van der Waals surface area contributed by atoms with Crippen LogP contribution in [0.3, 0.4) is 0 Å². The highest BCUT2D eigenvalue weighted by Crippen LogP contribution is 2.38. The van der Waals surface area contributed by atoms with E-state index in [1.165, 1.54) is 0 Å². The lowest BCUT2D eigenvalue weighted by molar-refractivity contribution is -0.119. The van der Waals surface area contributed by atoms with Gasteiger partial charge in [0.15, 0.2) is 0 Å². The molecule has 18 heavy (non-hydrogen) atoms. The molecule has 2 aliphatic heterocycles. The number of aryl methyl sites for hydroxylation is 1. The summed E-state index contributed by atoms with van der Waals surface area (Å²) >= 11 is 0. The second-order valence-corrected chi connectivity index (χ2v) is 5.28.